The fourth-order valence-corrected chi connectivity index (χ4v) is 3.59. The van der Waals surface area contributed by atoms with Gasteiger partial charge in [-0.2, -0.15) is 0 Å². The summed E-state index contributed by atoms with van der Waals surface area (Å²) < 4.78 is 11.5. The molecule has 2 aromatic rings. The van der Waals surface area contributed by atoms with Crippen molar-refractivity contribution in [2.45, 2.75) is 39.0 Å². The predicted molar refractivity (Wildman–Crippen MR) is 97.7 cm³/mol. The normalized spacial score (nSPS) is 14.7. The van der Waals surface area contributed by atoms with E-state index in [9.17, 15) is 4.79 Å². The molecule has 0 bridgehead atoms. The molecule has 0 saturated heterocycles. The second kappa shape index (κ2) is 6.43. The van der Waals surface area contributed by atoms with Crippen LogP contribution in [-0.2, 0) is 24.1 Å². The first-order valence-electron chi connectivity index (χ1n) is 8.95. The topological polar surface area (TPSA) is 47.6 Å². The smallest absolute Gasteiger partial charge is 0.228 e. The summed E-state index contributed by atoms with van der Waals surface area (Å²) in [5.74, 6) is 2.29. The van der Waals surface area contributed by atoms with Gasteiger partial charge >= 0.3 is 0 Å². The van der Waals surface area contributed by atoms with Crippen LogP contribution >= 0.6 is 0 Å². The molecule has 4 rings (SSSR count). The number of carbonyl (C=O) groups excluding carboxylic acids is 1. The standard InChI is InChI=1S/C21H23NO3/c1-13(2)14-3-5-16(6-4-14)22-20(23)12-18-17-8-10-24-19(17)11-15-7-9-25-21(15)18/h3-6,11,13H,7-10,12H2,1-2H3,(H,22,23). The van der Waals surface area contributed by atoms with E-state index in [1.54, 1.807) is 0 Å². The summed E-state index contributed by atoms with van der Waals surface area (Å²) in [6, 6.07) is 10.1. The monoisotopic (exact) mass is 337 g/mol. The van der Waals surface area contributed by atoms with Crippen LogP contribution in [0.15, 0.2) is 30.3 Å². The van der Waals surface area contributed by atoms with Gasteiger partial charge in [-0.05, 0) is 29.7 Å². The number of amides is 1. The van der Waals surface area contributed by atoms with Gasteiger partial charge in [0, 0.05) is 35.2 Å². The molecule has 4 nitrogen and oxygen atoms in total. The average molecular weight is 337 g/mol. The van der Waals surface area contributed by atoms with Crippen LogP contribution in [0.1, 0.15) is 42.0 Å². The quantitative estimate of drug-likeness (QED) is 0.921. The van der Waals surface area contributed by atoms with Gasteiger partial charge in [0.2, 0.25) is 5.91 Å². The van der Waals surface area contributed by atoms with E-state index in [0.717, 1.165) is 46.7 Å². The lowest BCUT2D eigenvalue weighted by Crippen LogP contribution is -2.16. The molecule has 0 spiro atoms. The molecule has 0 atom stereocenters. The summed E-state index contributed by atoms with van der Waals surface area (Å²) >= 11 is 0. The van der Waals surface area contributed by atoms with Gasteiger partial charge in [0.25, 0.3) is 0 Å². The van der Waals surface area contributed by atoms with Crippen molar-refractivity contribution in [3.63, 3.8) is 0 Å². The van der Waals surface area contributed by atoms with E-state index < -0.39 is 0 Å². The first-order chi connectivity index (χ1) is 12.1. The minimum absolute atomic E-state index is 0.0182. The first-order valence-corrected chi connectivity index (χ1v) is 8.95. The molecule has 4 heteroatoms. The summed E-state index contributed by atoms with van der Waals surface area (Å²) in [5.41, 5.74) is 5.38. The van der Waals surface area contributed by atoms with Gasteiger partial charge in [0.15, 0.2) is 0 Å². The molecule has 2 aliphatic rings. The maximum absolute atomic E-state index is 12.6. The molecule has 0 fully saturated rings. The second-order valence-electron chi connectivity index (χ2n) is 7.02. The Hall–Kier alpha value is -2.49. The number of ether oxygens (including phenoxy) is 2. The van der Waals surface area contributed by atoms with E-state index in [0.29, 0.717) is 25.6 Å². The van der Waals surface area contributed by atoms with Gasteiger partial charge in [0.1, 0.15) is 11.5 Å². The Morgan fingerprint density at radius 3 is 2.64 bits per heavy atom. The Kier molecular flexibility index (Phi) is 4.12. The van der Waals surface area contributed by atoms with Crippen molar-refractivity contribution in [1.82, 2.24) is 0 Å². The molecule has 25 heavy (non-hydrogen) atoms. The van der Waals surface area contributed by atoms with E-state index in [2.05, 4.69) is 37.4 Å². The summed E-state index contributed by atoms with van der Waals surface area (Å²) in [5, 5.41) is 3.00. The van der Waals surface area contributed by atoms with Crippen molar-refractivity contribution in [3.05, 3.63) is 52.6 Å². The Balaban J connectivity index is 1.53. The van der Waals surface area contributed by atoms with Gasteiger partial charge in [-0.3, -0.25) is 4.79 Å². The minimum Gasteiger partial charge on any atom is -0.493 e. The van der Waals surface area contributed by atoms with Crippen LogP contribution in [0.3, 0.4) is 0 Å². The minimum atomic E-state index is -0.0182. The van der Waals surface area contributed by atoms with Crippen LogP contribution in [-0.4, -0.2) is 19.1 Å². The van der Waals surface area contributed by atoms with Crippen LogP contribution < -0.4 is 14.8 Å². The van der Waals surface area contributed by atoms with Crippen molar-refractivity contribution >= 4 is 11.6 Å². The summed E-state index contributed by atoms with van der Waals surface area (Å²) in [6.07, 6.45) is 2.05. The van der Waals surface area contributed by atoms with Crippen LogP contribution in [0.4, 0.5) is 5.69 Å². The third-order valence-corrected chi connectivity index (χ3v) is 4.96. The predicted octanol–water partition coefficient (Wildman–Crippen LogP) is 3.86. The summed E-state index contributed by atoms with van der Waals surface area (Å²) in [4.78, 5) is 12.6. The molecule has 1 amide bonds. The fourth-order valence-electron chi connectivity index (χ4n) is 3.59. The number of hydrogen-bond acceptors (Lipinski definition) is 3. The molecule has 0 radical (unpaired) electrons. The van der Waals surface area contributed by atoms with Crippen LogP contribution in [0.5, 0.6) is 11.5 Å². The first kappa shape index (κ1) is 16.0. The van der Waals surface area contributed by atoms with E-state index >= 15 is 0 Å². The highest BCUT2D eigenvalue weighted by Gasteiger charge is 2.27. The van der Waals surface area contributed by atoms with Gasteiger partial charge in [-0.1, -0.05) is 26.0 Å². The van der Waals surface area contributed by atoms with E-state index in [4.69, 9.17) is 9.47 Å². The van der Waals surface area contributed by atoms with Gasteiger partial charge < -0.3 is 14.8 Å². The molecule has 0 unspecified atom stereocenters. The van der Waals surface area contributed by atoms with E-state index in [-0.39, 0.29) is 5.91 Å². The van der Waals surface area contributed by atoms with Crippen LogP contribution in [0, 0.1) is 0 Å². The third kappa shape index (κ3) is 3.09. The Bertz CT molecular complexity index is 777. The number of rotatable bonds is 4. The average Bonchev–Trinajstić information content (AvgIpc) is 3.24. The second-order valence-corrected chi connectivity index (χ2v) is 7.02. The SMILES string of the molecule is CC(C)c1ccc(NC(=O)Cc2c3c(cc4c2OCC4)OCC3)cc1. The van der Waals surface area contributed by atoms with E-state index in [1.807, 2.05) is 12.1 Å². The third-order valence-electron chi connectivity index (χ3n) is 4.96. The molecule has 1 N–H and O–H groups in total. The number of benzene rings is 2. The highest BCUT2D eigenvalue weighted by molar-refractivity contribution is 5.93. The molecule has 0 saturated carbocycles. The molecule has 130 valence electrons. The maximum Gasteiger partial charge on any atom is 0.228 e. The van der Waals surface area contributed by atoms with Gasteiger partial charge in [-0.15, -0.1) is 0 Å². The summed E-state index contributed by atoms with van der Waals surface area (Å²) in [6.45, 7) is 5.69. The number of fused-ring (bicyclic) bond motifs is 2. The number of anilines is 1. The van der Waals surface area contributed by atoms with Crippen molar-refractivity contribution < 1.29 is 14.3 Å². The fraction of sp³-hybridized carbons (Fsp3) is 0.381. The zero-order valence-electron chi connectivity index (χ0n) is 14.7. The van der Waals surface area contributed by atoms with Gasteiger partial charge in [-0.25, -0.2) is 0 Å². The van der Waals surface area contributed by atoms with Crippen molar-refractivity contribution in [2.24, 2.45) is 0 Å². The molecular weight excluding hydrogens is 314 g/mol. The lowest BCUT2D eigenvalue weighted by Gasteiger charge is -2.13. The van der Waals surface area contributed by atoms with E-state index in [1.165, 1.54) is 5.56 Å². The Labute approximate surface area is 148 Å². The Morgan fingerprint density at radius 2 is 1.88 bits per heavy atom. The number of nitrogens with one attached hydrogen (secondary N) is 1. The molecule has 0 aromatic heterocycles. The number of carbonyl (C=O) groups is 1. The summed E-state index contributed by atoms with van der Waals surface area (Å²) in [7, 11) is 0. The molecule has 2 aromatic carbocycles. The highest BCUT2D eigenvalue weighted by Crippen LogP contribution is 2.40. The van der Waals surface area contributed by atoms with Gasteiger partial charge in [0.05, 0.1) is 19.6 Å². The van der Waals surface area contributed by atoms with Crippen molar-refractivity contribution in [1.29, 1.82) is 0 Å². The lowest BCUT2D eigenvalue weighted by molar-refractivity contribution is -0.115. The van der Waals surface area contributed by atoms with Crippen LogP contribution in [0.2, 0.25) is 0 Å². The molecule has 2 heterocycles. The zero-order valence-corrected chi connectivity index (χ0v) is 14.7. The van der Waals surface area contributed by atoms with Crippen LogP contribution in [0.25, 0.3) is 0 Å². The lowest BCUT2D eigenvalue weighted by atomic mass is 9.97. The zero-order chi connectivity index (χ0) is 17.4. The Morgan fingerprint density at radius 1 is 1.12 bits per heavy atom. The van der Waals surface area contributed by atoms with Crippen molar-refractivity contribution in [2.75, 3.05) is 18.5 Å². The maximum atomic E-state index is 12.6. The number of hydrogen-bond donors (Lipinski definition) is 1. The molecule has 2 aliphatic heterocycles. The molecular formula is C21H23NO3. The molecule has 0 aliphatic carbocycles. The van der Waals surface area contributed by atoms with Crippen molar-refractivity contribution in [3.8, 4) is 11.5 Å². The largest absolute Gasteiger partial charge is 0.493 e. The highest BCUT2D eigenvalue weighted by atomic mass is 16.5.